The molecule has 1 aliphatic heterocycles. The first-order chi connectivity index (χ1) is 13.0. The molecule has 1 aliphatic rings. The molecule has 7 nitrogen and oxygen atoms in total. The van der Waals surface area contributed by atoms with Crippen molar-refractivity contribution in [2.45, 2.75) is 0 Å². The number of hydrogen-bond donors (Lipinski definition) is 1. The maximum absolute atomic E-state index is 12.2. The van der Waals surface area contributed by atoms with E-state index in [0.717, 1.165) is 4.47 Å². The quantitative estimate of drug-likeness (QED) is 0.573. The Hall–Kier alpha value is -3.00. The van der Waals surface area contributed by atoms with Gasteiger partial charge >= 0.3 is 5.97 Å². The van der Waals surface area contributed by atoms with Crippen LogP contribution in [-0.2, 0) is 9.53 Å². The standard InChI is InChI=1S/C19H16BrNO6/c1-24-15-8-11(9-16(25-2)17(15)26-3)18-21-13(19(23)27-18)7-10-6-12(20)4-5-14(10)22/h4-9,22H,1-3H3. The second kappa shape index (κ2) is 7.71. The minimum Gasteiger partial charge on any atom is -0.507 e. The topological polar surface area (TPSA) is 86.6 Å². The number of benzene rings is 2. The summed E-state index contributed by atoms with van der Waals surface area (Å²) in [6.07, 6.45) is 1.45. The molecule has 1 N–H and O–H groups in total. The molecule has 3 rings (SSSR count). The molecule has 0 spiro atoms. The van der Waals surface area contributed by atoms with Crippen molar-refractivity contribution < 1.29 is 28.8 Å². The third kappa shape index (κ3) is 3.75. The predicted octanol–water partition coefficient (Wildman–Crippen LogP) is 3.53. The zero-order valence-corrected chi connectivity index (χ0v) is 16.4. The molecule has 140 valence electrons. The fraction of sp³-hybridized carbons (Fsp3) is 0.158. The highest BCUT2D eigenvalue weighted by Gasteiger charge is 2.26. The fourth-order valence-corrected chi connectivity index (χ4v) is 2.90. The Balaban J connectivity index is 2.04. The van der Waals surface area contributed by atoms with Crippen LogP contribution in [0.25, 0.3) is 6.08 Å². The van der Waals surface area contributed by atoms with Gasteiger partial charge in [-0.25, -0.2) is 9.79 Å². The number of phenols is 1. The smallest absolute Gasteiger partial charge is 0.363 e. The third-order valence-corrected chi connectivity index (χ3v) is 4.31. The van der Waals surface area contributed by atoms with E-state index in [-0.39, 0.29) is 17.3 Å². The summed E-state index contributed by atoms with van der Waals surface area (Å²) in [6, 6.07) is 8.14. The third-order valence-electron chi connectivity index (χ3n) is 3.81. The van der Waals surface area contributed by atoms with Crippen molar-refractivity contribution in [3.05, 3.63) is 51.6 Å². The molecule has 0 bridgehead atoms. The van der Waals surface area contributed by atoms with Gasteiger partial charge in [-0.15, -0.1) is 0 Å². The van der Waals surface area contributed by atoms with E-state index in [9.17, 15) is 9.90 Å². The van der Waals surface area contributed by atoms with Crippen LogP contribution in [-0.4, -0.2) is 38.3 Å². The Morgan fingerprint density at radius 1 is 1.07 bits per heavy atom. The molecule has 0 aliphatic carbocycles. The van der Waals surface area contributed by atoms with Gasteiger partial charge in [0.05, 0.1) is 21.3 Å². The van der Waals surface area contributed by atoms with Gasteiger partial charge < -0.3 is 24.1 Å². The minimum absolute atomic E-state index is 0.0231. The molecular formula is C19H16BrNO6. The van der Waals surface area contributed by atoms with Gasteiger partial charge in [0.25, 0.3) is 0 Å². The van der Waals surface area contributed by atoms with E-state index in [2.05, 4.69) is 20.9 Å². The van der Waals surface area contributed by atoms with Crippen LogP contribution >= 0.6 is 15.9 Å². The Morgan fingerprint density at radius 2 is 1.74 bits per heavy atom. The molecule has 0 amide bonds. The van der Waals surface area contributed by atoms with E-state index in [1.807, 2.05) is 0 Å². The number of aromatic hydroxyl groups is 1. The highest BCUT2D eigenvalue weighted by Crippen LogP contribution is 2.39. The first kappa shape index (κ1) is 18.8. The van der Waals surface area contributed by atoms with Gasteiger partial charge in [0.15, 0.2) is 17.2 Å². The summed E-state index contributed by atoms with van der Waals surface area (Å²) in [6.45, 7) is 0. The van der Waals surface area contributed by atoms with E-state index >= 15 is 0 Å². The molecule has 27 heavy (non-hydrogen) atoms. The molecule has 0 saturated heterocycles. The van der Waals surface area contributed by atoms with Crippen molar-refractivity contribution in [2.24, 2.45) is 4.99 Å². The van der Waals surface area contributed by atoms with Crippen molar-refractivity contribution in [1.29, 1.82) is 0 Å². The Bertz CT molecular complexity index is 942. The highest BCUT2D eigenvalue weighted by molar-refractivity contribution is 9.10. The molecule has 0 fully saturated rings. The molecule has 2 aromatic carbocycles. The Morgan fingerprint density at radius 3 is 2.33 bits per heavy atom. The largest absolute Gasteiger partial charge is 0.507 e. The summed E-state index contributed by atoms with van der Waals surface area (Å²) in [4.78, 5) is 16.4. The summed E-state index contributed by atoms with van der Waals surface area (Å²) >= 11 is 3.32. The van der Waals surface area contributed by atoms with Crippen LogP contribution < -0.4 is 14.2 Å². The number of halogens is 1. The number of hydrogen-bond acceptors (Lipinski definition) is 7. The Kier molecular flexibility index (Phi) is 5.36. The van der Waals surface area contributed by atoms with E-state index < -0.39 is 5.97 Å². The first-order valence-corrected chi connectivity index (χ1v) is 8.57. The van der Waals surface area contributed by atoms with Gasteiger partial charge in [-0.1, -0.05) is 15.9 Å². The predicted molar refractivity (Wildman–Crippen MR) is 103 cm³/mol. The number of methoxy groups -OCH3 is 3. The first-order valence-electron chi connectivity index (χ1n) is 7.78. The Labute approximate surface area is 164 Å². The summed E-state index contributed by atoms with van der Waals surface area (Å²) in [5.74, 6) is 0.733. The van der Waals surface area contributed by atoms with E-state index in [0.29, 0.717) is 28.4 Å². The fourth-order valence-electron chi connectivity index (χ4n) is 2.53. The van der Waals surface area contributed by atoms with Gasteiger partial charge in [0.2, 0.25) is 11.6 Å². The van der Waals surface area contributed by atoms with E-state index in [1.54, 1.807) is 24.3 Å². The summed E-state index contributed by atoms with van der Waals surface area (Å²) in [5, 5.41) is 9.95. The van der Waals surface area contributed by atoms with Crippen LogP contribution in [0.3, 0.4) is 0 Å². The molecule has 8 heteroatoms. The number of rotatable bonds is 5. The van der Waals surface area contributed by atoms with Crippen molar-refractivity contribution in [3.63, 3.8) is 0 Å². The van der Waals surface area contributed by atoms with Gasteiger partial charge in [-0.2, -0.15) is 0 Å². The van der Waals surface area contributed by atoms with Crippen LogP contribution in [0, 0.1) is 0 Å². The number of aliphatic imine (C=N–C) groups is 1. The van der Waals surface area contributed by atoms with E-state index in [4.69, 9.17) is 18.9 Å². The zero-order chi connectivity index (χ0) is 19.6. The number of carbonyl (C=O) groups is 1. The minimum atomic E-state index is -0.627. The lowest BCUT2D eigenvalue weighted by Gasteiger charge is -2.13. The van der Waals surface area contributed by atoms with Gasteiger partial charge in [0.1, 0.15) is 5.75 Å². The molecule has 0 saturated carbocycles. The summed E-state index contributed by atoms with van der Waals surface area (Å²) < 4.78 is 21.9. The van der Waals surface area contributed by atoms with Crippen molar-refractivity contribution >= 4 is 33.9 Å². The maximum Gasteiger partial charge on any atom is 0.363 e. The van der Waals surface area contributed by atoms with E-state index in [1.165, 1.54) is 33.5 Å². The summed E-state index contributed by atoms with van der Waals surface area (Å²) in [7, 11) is 4.48. The van der Waals surface area contributed by atoms with Gasteiger partial charge in [-0.3, -0.25) is 0 Å². The molecule has 0 unspecified atom stereocenters. The molecule has 0 radical (unpaired) electrons. The number of carbonyl (C=O) groups excluding carboxylic acids is 1. The lowest BCUT2D eigenvalue weighted by Crippen LogP contribution is -2.06. The maximum atomic E-state index is 12.2. The average molecular weight is 434 g/mol. The number of phenolic OH excluding ortho intramolecular Hbond substituents is 1. The van der Waals surface area contributed by atoms with Gasteiger partial charge in [-0.05, 0) is 36.4 Å². The van der Waals surface area contributed by atoms with Crippen molar-refractivity contribution in [2.75, 3.05) is 21.3 Å². The SMILES string of the molecule is COc1cc(C2=NC(=Cc3cc(Br)ccc3O)C(=O)O2)cc(OC)c1OC. The van der Waals surface area contributed by atoms with Crippen molar-refractivity contribution in [1.82, 2.24) is 0 Å². The number of nitrogens with zero attached hydrogens (tertiary/aromatic N) is 1. The molecule has 0 aromatic heterocycles. The normalized spacial score (nSPS) is 14.7. The number of ether oxygens (including phenoxy) is 4. The lowest BCUT2D eigenvalue weighted by molar-refractivity contribution is -0.129. The van der Waals surface area contributed by atoms with Crippen LogP contribution in [0.15, 0.2) is 45.5 Å². The molecular weight excluding hydrogens is 418 g/mol. The second-order valence-electron chi connectivity index (χ2n) is 5.45. The summed E-state index contributed by atoms with van der Waals surface area (Å²) in [5.41, 5.74) is 0.984. The van der Waals surface area contributed by atoms with Crippen molar-refractivity contribution in [3.8, 4) is 23.0 Å². The van der Waals surface area contributed by atoms with Gasteiger partial charge in [0, 0.05) is 15.6 Å². The molecule has 0 atom stereocenters. The average Bonchev–Trinajstić information content (AvgIpc) is 3.03. The zero-order valence-electron chi connectivity index (χ0n) is 14.8. The number of esters is 1. The van der Waals surface area contributed by atoms with Crippen LogP contribution in [0.1, 0.15) is 11.1 Å². The second-order valence-corrected chi connectivity index (χ2v) is 6.37. The van der Waals surface area contributed by atoms with Crippen LogP contribution in [0.2, 0.25) is 0 Å². The number of cyclic esters (lactones) is 1. The lowest BCUT2D eigenvalue weighted by atomic mass is 10.1. The van der Waals surface area contributed by atoms with Crippen LogP contribution in [0.4, 0.5) is 0 Å². The van der Waals surface area contributed by atoms with Crippen LogP contribution in [0.5, 0.6) is 23.0 Å². The monoisotopic (exact) mass is 433 g/mol. The molecule has 2 aromatic rings. The molecule has 1 heterocycles. The highest BCUT2D eigenvalue weighted by atomic mass is 79.9.